The molecular formula is C13H14O3. The maximum Gasteiger partial charge on any atom is 0.342 e. The molecule has 0 saturated carbocycles. The molecule has 0 aliphatic heterocycles. The van der Waals surface area contributed by atoms with Gasteiger partial charge in [0.25, 0.3) is 0 Å². The highest BCUT2D eigenvalue weighted by Gasteiger charge is 2.13. The third kappa shape index (κ3) is 2.08. The molecule has 0 fully saturated rings. The molecular weight excluding hydrogens is 204 g/mol. The predicted molar refractivity (Wildman–Crippen MR) is 61.4 cm³/mol. The molecule has 1 aromatic heterocycles. The van der Waals surface area contributed by atoms with Gasteiger partial charge in [-0.15, -0.1) is 0 Å². The molecule has 2 rings (SSSR count). The van der Waals surface area contributed by atoms with Crippen LogP contribution in [0.3, 0.4) is 0 Å². The summed E-state index contributed by atoms with van der Waals surface area (Å²) >= 11 is 0. The number of carbonyl (C=O) groups is 1. The van der Waals surface area contributed by atoms with Crippen molar-refractivity contribution in [3.8, 4) is 0 Å². The fraction of sp³-hybridized carbons (Fsp3) is 0.308. The van der Waals surface area contributed by atoms with Gasteiger partial charge >= 0.3 is 5.97 Å². The second-order valence-corrected chi connectivity index (χ2v) is 3.64. The molecule has 0 aliphatic carbocycles. The Hall–Kier alpha value is -1.77. The molecule has 16 heavy (non-hydrogen) atoms. The molecule has 3 heteroatoms. The Labute approximate surface area is 94.0 Å². The van der Waals surface area contributed by atoms with Gasteiger partial charge < -0.3 is 9.15 Å². The van der Waals surface area contributed by atoms with Crippen LogP contribution in [0.2, 0.25) is 0 Å². The number of ether oxygens (including phenoxy) is 1. The van der Waals surface area contributed by atoms with E-state index in [4.69, 9.17) is 9.15 Å². The molecule has 0 radical (unpaired) electrons. The number of hydrogen-bond donors (Lipinski definition) is 0. The largest absolute Gasteiger partial charge is 0.463 e. The quantitative estimate of drug-likeness (QED) is 0.583. The van der Waals surface area contributed by atoms with Gasteiger partial charge in [-0.1, -0.05) is 31.5 Å². The first-order chi connectivity index (χ1) is 7.83. The number of hydrogen-bond acceptors (Lipinski definition) is 3. The number of carbonyl (C=O) groups excluding carboxylic acids is 1. The Bertz CT molecular complexity index is 485. The molecule has 0 unspecified atom stereocenters. The molecule has 0 amide bonds. The van der Waals surface area contributed by atoms with E-state index in [-0.39, 0.29) is 5.97 Å². The van der Waals surface area contributed by atoms with Crippen molar-refractivity contribution in [3.05, 3.63) is 36.1 Å². The zero-order valence-electron chi connectivity index (χ0n) is 9.23. The third-order valence-corrected chi connectivity index (χ3v) is 2.43. The maximum absolute atomic E-state index is 11.7. The second kappa shape index (κ2) is 4.84. The molecule has 0 N–H and O–H groups in total. The van der Waals surface area contributed by atoms with Gasteiger partial charge in [0, 0.05) is 5.39 Å². The van der Waals surface area contributed by atoms with E-state index in [0.717, 1.165) is 18.2 Å². The summed E-state index contributed by atoms with van der Waals surface area (Å²) in [7, 11) is 0. The molecule has 0 aliphatic rings. The third-order valence-electron chi connectivity index (χ3n) is 2.43. The van der Waals surface area contributed by atoms with Gasteiger partial charge in [0.15, 0.2) is 0 Å². The summed E-state index contributed by atoms with van der Waals surface area (Å²) in [5.41, 5.74) is 1.22. The summed E-state index contributed by atoms with van der Waals surface area (Å²) in [6.45, 7) is 2.52. The Balaban J connectivity index is 2.17. The number of benzene rings is 1. The lowest BCUT2D eigenvalue weighted by atomic mass is 10.2. The van der Waals surface area contributed by atoms with Crippen LogP contribution in [0.15, 0.2) is 34.9 Å². The highest BCUT2D eigenvalue weighted by atomic mass is 16.5. The zero-order chi connectivity index (χ0) is 11.4. The van der Waals surface area contributed by atoms with E-state index in [0.29, 0.717) is 17.8 Å². The van der Waals surface area contributed by atoms with Crippen molar-refractivity contribution < 1.29 is 13.9 Å². The summed E-state index contributed by atoms with van der Waals surface area (Å²) in [5.74, 6) is -0.307. The van der Waals surface area contributed by atoms with Gasteiger partial charge in [-0.05, 0) is 12.5 Å². The van der Waals surface area contributed by atoms with Gasteiger partial charge in [0.2, 0.25) is 0 Å². The number of unbranched alkanes of at least 4 members (excludes halogenated alkanes) is 1. The lowest BCUT2D eigenvalue weighted by Gasteiger charge is -2.01. The number of para-hydroxylation sites is 1. The van der Waals surface area contributed by atoms with E-state index in [9.17, 15) is 4.79 Å². The smallest absolute Gasteiger partial charge is 0.342 e. The molecule has 1 aromatic carbocycles. The Morgan fingerprint density at radius 3 is 3.00 bits per heavy atom. The Morgan fingerprint density at radius 1 is 1.38 bits per heavy atom. The summed E-state index contributed by atoms with van der Waals surface area (Å²) < 4.78 is 10.4. The van der Waals surface area contributed by atoms with Crippen LogP contribution in [-0.4, -0.2) is 12.6 Å². The minimum absolute atomic E-state index is 0.307. The van der Waals surface area contributed by atoms with Gasteiger partial charge in [0.1, 0.15) is 17.4 Å². The minimum Gasteiger partial charge on any atom is -0.463 e. The summed E-state index contributed by atoms with van der Waals surface area (Å²) in [6, 6.07) is 7.44. The molecule has 0 saturated heterocycles. The molecule has 3 nitrogen and oxygen atoms in total. The van der Waals surface area contributed by atoms with Crippen molar-refractivity contribution in [2.75, 3.05) is 6.61 Å². The fourth-order valence-corrected chi connectivity index (χ4v) is 1.52. The van der Waals surface area contributed by atoms with E-state index in [2.05, 4.69) is 6.92 Å². The summed E-state index contributed by atoms with van der Waals surface area (Å²) in [5, 5.41) is 0.809. The van der Waals surface area contributed by atoms with Crippen LogP contribution >= 0.6 is 0 Å². The highest BCUT2D eigenvalue weighted by Crippen LogP contribution is 2.21. The van der Waals surface area contributed by atoms with Crippen molar-refractivity contribution in [1.82, 2.24) is 0 Å². The lowest BCUT2D eigenvalue weighted by Crippen LogP contribution is -2.05. The first-order valence-corrected chi connectivity index (χ1v) is 5.46. The first-order valence-electron chi connectivity index (χ1n) is 5.46. The summed E-state index contributed by atoms with van der Waals surface area (Å²) in [6.07, 6.45) is 3.36. The van der Waals surface area contributed by atoms with Crippen LogP contribution < -0.4 is 0 Å². The molecule has 2 aromatic rings. The second-order valence-electron chi connectivity index (χ2n) is 3.64. The first kappa shape index (κ1) is 10.7. The van der Waals surface area contributed by atoms with Crippen molar-refractivity contribution in [1.29, 1.82) is 0 Å². The maximum atomic E-state index is 11.7. The fourth-order valence-electron chi connectivity index (χ4n) is 1.52. The average Bonchev–Trinajstić information content (AvgIpc) is 2.73. The van der Waals surface area contributed by atoms with Crippen LogP contribution in [0.1, 0.15) is 30.1 Å². The van der Waals surface area contributed by atoms with Crippen LogP contribution in [0, 0.1) is 0 Å². The van der Waals surface area contributed by atoms with E-state index in [1.165, 1.54) is 6.26 Å². The average molecular weight is 218 g/mol. The van der Waals surface area contributed by atoms with Crippen molar-refractivity contribution in [2.45, 2.75) is 19.8 Å². The standard InChI is InChI=1S/C13H14O3/c1-2-3-8-15-13(14)11-9-16-12-7-5-4-6-10(11)12/h4-7,9H,2-3,8H2,1H3. The topological polar surface area (TPSA) is 39.4 Å². The van der Waals surface area contributed by atoms with Crippen LogP contribution in [-0.2, 0) is 4.74 Å². The van der Waals surface area contributed by atoms with Gasteiger partial charge in [0.05, 0.1) is 6.61 Å². The number of fused-ring (bicyclic) bond motifs is 1. The molecule has 0 spiro atoms. The molecule has 1 heterocycles. The number of furan rings is 1. The molecule has 0 bridgehead atoms. The van der Waals surface area contributed by atoms with E-state index >= 15 is 0 Å². The van der Waals surface area contributed by atoms with E-state index in [1.807, 2.05) is 24.3 Å². The monoisotopic (exact) mass is 218 g/mol. The van der Waals surface area contributed by atoms with E-state index in [1.54, 1.807) is 0 Å². The lowest BCUT2D eigenvalue weighted by molar-refractivity contribution is 0.0501. The van der Waals surface area contributed by atoms with Gasteiger partial charge in [-0.3, -0.25) is 0 Å². The van der Waals surface area contributed by atoms with Crippen LogP contribution in [0.4, 0.5) is 0 Å². The molecule has 84 valence electrons. The number of esters is 1. The van der Waals surface area contributed by atoms with Gasteiger partial charge in [-0.25, -0.2) is 4.79 Å². The molecule has 0 atom stereocenters. The Morgan fingerprint density at radius 2 is 2.19 bits per heavy atom. The Kier molecular flexibility index (Phi) is 3.25. The van der Waals surface area contributed by atoms with E-state index < -0.39 is 0 Å². The normalized spacial score (nSPS) is 10.6. The minimum atomic E-state index is -0.307. The van der Waals surface area contributed by atoms with Crippen molar-refractivity contribution in [2.24, 2.45) is 0 Å². The van der Waals surface area contributed by atoms with Crippen molar-refractivity contribution >= 4 is 16.9 Å². The van der Waals surface area contributed by atoms with Crippen LogP contribution in [0.25, 0.3) is 11.0 Å². The SMILES string of the molecule is CCCCOC(=O)c1coc2ccccc12. The zero-order valence-corrected chi connectivity index (χ0v) is 9.23. The van der Waals surface area contributed by atoms with Crippen LogP contribution in [0.5, 0.6) is 0 Å². The summed E-state index contributed by atoms with van der Waals surface area (Å²) in [4.78, 5) is 11.7. The predicted octanol–water partition coefficient (Wildman–Crippen LogP) is 3.39. The van der Waals surface area contributed by atoms with Gasteiger partial charge in [-0.2, -0.15) is 0 Å². The highest BCUT2D eigenvalue weighted by molar-refractivity contribution is 6.03. The number of rotatable bonds is 4. The van der Waals surface area contributed by atoms with Crippen molar-refractivity contribution in [3.63, 3.8) is 0 Å².